The Morgan fingerprint density at radius 1 is 1.21 bits per heavy atom. The van der Waals surface area contributed by atoms with Crippen LogP contribution in [0.15, 0.2) is 0 Å². The van der Waals surface area contributed by atoms with Crippen molar-refractivity contribution in [1.82, 2.24) is 0 Å². The standard InChI is InChI=1S/C12H20O2/c1-7(13)12-6-9-8(10(9,2)3)5-11(12,4)14-12/h7-9,13H,5-6H2,1-4H3. The summed E-state index contributed by atoms with van der Waals surface area (Å²) in [7, 11) is 0. The number of fused-ring (bicyclic) bond motifs is 2. The first-order valence-corrected chi connectivity index (χ1v) is 5.72. The number of aliphatic hydroxyl groups excluding tert-OH is 1. The topological polar surface area (TPSA) is 32.8 Å². The zero-order valence-electron chi connectivity index (χ0n) is 9.50. The lowest BCUT2D eigenvalue weighted by Crippen LogP contribution is -2.37. The number of aliphatic hydroxyl groups is 1. The van der Waals surface area contributed by atoms with Gasteiger partial charge in [-0.1, -0.05) is 13.8 Å². The van der Waals surface area contributed by atoms with Crippen molar-refractivity contribution in [3.63, 3.8) is 0 Å². The molecule has 1 aliphatic heterocycles. The van der Waals surface area contributed by atoms with Gasteiger partial charge in [0.2, 0.25) is 0 Å². The second-order valence-corrected chi connectivity index (χ2v) is 6.34. The van der Waals surface area contributed by atoms with Crippen molar-refractivity contribution in [3.05, 3.63) is 0 Å². The quantitative estimate of drug-likeness (QED) is 0.650. The number of hydrogen-bond donors (Lipinski definition) is 1. The third-order valence-corrected chi connectivity index (χ3v) is 5.36. The van der Waals surface area contributed by atoms with Crippen LogP contribution >= 0.6 is 0 Å². The molecule has 0 bridgehead atoms. The summed E-state index contributed by atoms with van der Waals surface area (Å²) in [5.41, 5.74) is 0.291. The van der Waals surface area contributed by atoms with Crippen molar-refractivity contribution >= 4 is 0 Å². The summed E-state index contributed by atoms with van der Waals surface area (Å²) >= 11 is 0. The molecule has 5 unspecified atom stereocenters. The van der Waals surface area contributed by atoms with Crippen molar-refractivity contribution in [1.29, 1.82) is 0 Å². The van der Waals surface area contributed by atoms with E-state index in [1.165, 1.54) is 0 Å². The second kappa shape index (κ2) is 2.05. The van der Waals surface area contributed by atoms with E-state index in [0.717, 1.165) is 24.7 Å². The molecule has 1 heterocycles. The molecule has 3 fully saturated rings. The van der Waals surface area contributed by atoms with Gasteiger partial charge >= 0.3 is 0 Å². The highest BCUT2D eigenvalue weighted by molar-refractivity contribution is 5.27. The van der Waals surface area contributed by atoms with Gasteiger partial charge in [-0.05, 0) is 43.9 Å². The molecule has 80 valence electrons. The van der Waals surface area contributed by atoms with Crippen LogP contribution in [-0.4, -0.2) is 22.4 Å². The summed E-state index contributed by atoms with van der Waals surface area (Å²) in [5.74, 6) is 1.62. The van der Waals surface area contributed by atoms with E-state index in [0.29, 0.717) is 5.41 Å². The summed E-state index contributed by atoms with van der Waals surface area (Å²) in [6.07, 6.45) is 1.90. The van der Waals surface area contributed by atoms with Crippen LogP contribution in [0, 0.1) is 17.3 Å². The van der Waals surface area contributed by atoms with Gasteiger partial charge in [-0.15, -0.1) is 0 Å². The highest BCUT2D eigenvalue weighted by Crippen LogP contribution is 2.75. The SMILES string of the molecule is CC(O)C12CC3C(CC1(C)O2)C3(C)C. The van der Waals surface area contributed by atoms with Gasteiger partial charge in [0.15, 0.2) is 0 Å². The minimum atomic E-state index is -0.315. The molecule has 2 aliphatic carbocycles. The van der Waals surface area contributed by atoms with Gasteiger partial charge in [-0.3, -0.25) is 0 Å². The Balaban J connectivity index is 1.88. The van der Waals surface area contributed by atoms with E-state index in [9.17, 15) is 5.11 Å². The molecule has 0 amide bonds. The van der Waals surface area contributed by atoms with E-state index in [4.69, 9.17) is 4.74 Å². The Bertz CT molecular complexity index is 297. The molecule has 0 spiro atoms. The Hall–Kier alpha value is -0.0800. The van der Waals surface area contributed by atoms with Gasteiger partial charge in [0.05, 0.1) is 11.7 Å². The van der Waals surface area contributed by atoms with Crippen LogP contribution in [0.5, 0.6) is 0 Å². The van der Waals surface area contributed by atoms with Crippen LogP contribution in [0.4, 0.5) is 0 Å². The van der Waals surface area contributed by atoms with E-state index < -0.39 is 0 Å². The molecule has 5 atom stereocenters. The van der Waals surface area contributed by atoms with Crippen LogP contribution < -0.4 is 0 Å². The third-order valence-electron chi connectivity index (χ3n) is 5.36. The Morgan fingerprint density at radius 3 is 2.36 bits per heavy atom. The van der Waals surface area contributed by atoms with E-state index in [-0.39, 0.29) is 17.3 Å². The molecular formula is C12H20O2. The summed E-state index contributed by atoms with van der Waals surface area (Å²) in [4.78, 5) is 0. The first-order valence-electron chi connectivity index (χ1n) is 5.72. The monoisotopic (exact) mass is 196 g/mol. The van der Waals surface area contributed by atoms with Crippen LogP contribution in [0.3, 0.4) is 0 Å². The number of epoxide rings is 1. The van der Waals surface area contributed by atoms with Crippen molar-refractivity contribution < 1.29 is 9.84 Å². The molecule has 0 aromatic rings. The molecule has 3 aliphatic rings. The molecule has 0 radical (unpaired) electrons. The molecule has 2 heteroatoms. The zero-order chi connectivity index (χ0) is 10.4. The first-order chi connectivity index (χ1) is 6.33. The van der Waals surface area contributed by atoms with E-state index in [2.05, 4.69) is 20.8 Å². The van der Waals surface area contributed by atoms with Gasteiger partial charge in [0, 0.05) is 0 Å². The van der Waals surface area contributed by atoms with Gasteiger partial charge in [0.25, 0.3) is 0 Å². The fraction of sp³-hybridized carbons (Fsp3) is 1.00. The maximum atomic E-state index is 9.82. The maximum absolute atomic E-state index is 9.82. The largest absolute Gasteiger partial charge is 0.390 e. The van der Waals surface area contributed by atoms with Crippen LogP contribution in [0.25, 0.3) is 0 Å². The lowest BCUT2D eigenvalue weighted by Gasteiger charge is -2.23. The fourth-order valence-electron chi connectivity index (χ4n) is 3.96. The Kier molecular flexibility index (Phi) is 1.34. The van der Waals surface area contributed by atoms with E-state index in [1.54, 1.807) is 0 Å². The molecule has 1 saturated heterocycles. The minimum Gasteiger partial charge on any atom is -0.390 e. The van der Waals surface area contributed by atoms with Crippen molar-refractivity contribution in [2.45, 2.75) is 57.8 Å². The van der Waals surface area contributed by atoms with Crippen LogP contribution in [-0.2, 0) is 4.74 Å². The fourth-order valence-corrected chi connectivity index (χ4v) is 3.96. The molecule has 2 saturated carbocycles. The molecule has 14 heavy (non-hydrogen) atoms. The van der Waals surface area contributed by atoms with E-state index in [1.807, 2.05) is 6.92 Å². The smallest absolute Gasteiger partial charge is 0.123 e. The minimum absolute atomic E-state index is 0.0178. The summed E-state index contributed by atoms with van der Waals surface area (Å²) in [6, 6.07) is 0. The highest BCUT2D eigenvalue weighted by Gasteiger charge is 2.79. The lowest BCUT2D eigenvalue weighted by molar-refractivity contribution is 0.0773. The summed E-state index contributed by atoms with van der Waals surface area (Å²) in [6.45, 7) is 8.75. The average molecular weight is 196 g/mol. The summed E-state index contributed by atoms with van der Waals surface area (Å²) < 4.78 is 5.86. The summed E-state index contributed by atoms with van der Waals surface area (Å²) in [5, 5.41) is 9.82. The second-order valence-electron chi connectivity index (χ2n) is 6.34. The van der Waals surface area contributed by atoms with Crippen molar-refractivity contribution in [3.8, 4) is 0 Å². The number of rotatable bonds is 1. The zero-order valence-corrected chi connectivity index (χ0v) is 9.50. The molecule has 3 rings (SSSR count). The first kappa shape index (κ1) is 9.17. The number of ether oxygens (including phenoxy) is 1. The number of hydrogen-bond acceptors (Lipinski definition) is 2. The van der Waals surface area contributed by atoms with Gasteiger partial charge in [0.1, 0.15) is 5.60 Å². The molecule has 0 aromatic heterocycles. The van der Waals surface area contributed by atoms with Crippen LogP contribution in [0.2, 0.25) is 0 Å². The highest BCUT2D eigenvalue weighted by atomic mass is 16.6. The van der Waals surface area contributed by atoms with Crippen molar-refractivity contribution in [2.24, 2.45) is 17.3 Å². The predicted molar refractivity (Wildman–Crippen MR) is 53.9 cm³/mol. The lowest BCUT2D eigenvalue weighted by atomic mass is 9.78. The van der Waals surface area contributed by atoms with Crippen LogP contribution in [0.1, 0.15) is 40.5 Å². The molecule has 2 nitrogen and oxygen atoms in total. The van der Waals surface area contributed by atoms with E-state index >= 15 is 0 Å². The van der Waals surface area contributed by atoms with Crippen molar-refractivity contribution in [2.75, 3.05) is 0 Å². The predicted octanol–water partition coefficient (Wildman–Crippen LogP) is 1.96. The van der Waals surface area contributed by atoms with Gasteiger partial charge in [-0.2, -0.15) is 0 Å². The van der Waals surface area contributed by atoms with Gasteiger partial charge < -0.3 is 9.84 Å². The maximum Gasteiger partial charge on any atom is 0.123 e. The van der Waals surface area contributed by atoms with Gasteiger partial charge in [-0.25, -0.2) is 0 Å². The molecular weight excluding hydrogens is 176 g/mol. The third kappa shape index (κ3) is 0.772. The normalized spacial score (nSPS) is 59.8. The molecule has 1 N–H and O–H groups in total. The Labute approximate surface area is 85.6 Å². The average Bonchev–Trinajstić information content (AvgIpc) is 2.83. The Morgan fingerprint density at radius 2 is 1.79 bits per heavy atom. The molecule has 0 aromatic carbocycles.